The van der Waals surface area contributed by atoms with Crippen LogP contribution in [0, 0.1) is 18.7 Å². The predicted molar refractivity (Wildman–Crippen MR) is 72.1 cm³/mol. The van der Waals surface area contributed by atoms with Gasteiger partial charge >= 0.3 is 12.0 Å². The number of likely N-dealkylation sites (tertiary alicyclic amines) is 1. The second-order valence-electron chi connectivity index (χ2n) is 4.94. The van der Waals surface area contributed by atoms with Crippen molar-refractivity contribution in [3.63, 3.8) is 0 Å². The number of carboxylic acid groups (broad SMARTS) is 1. The Labute approximate surface area is 116 Å². The summed E-state index contributed by atoms with van der Waals surface area (Å²) in [6.07, 6.45) is 0.899. The maximum absolute atomic E-state index is 13.4. The van der Waals surface area contributed by atoms with E-state index in [1.807, 2.05) is 0 Å². The van der Waals surface area contributed by atoms with Crippen LogP contribution in [0.2, 0.25) is 0 Å². The Morgan fingerprint density at radius 1 is 1.35 bits per heavy atom. The largest absolute Gasteiger partial charge is 0.481 e. The van der Waals surface area contributed by atoms with Gasteiger partial charge in [-0.2, -0.15) is 0 Å². The minimum Gasteiger partial charge on any atom is -0.481 e. The first-order valence-electron chi connectivity index (χ1n) is 6.53. The highest BCUT2D eigenvalue weighted by Crippen LogP contribution is 2.21. The Kier molecular flexibility index (Phi) is 4.22. The lowest BCUT2D eigenvalue weighted by atomic mass is 9.97. The number of nitrogens with zero attached hydrogens (tertiary/aromatic N) is 1. The van der Waals surface area contributed by atoms with E-state index in [4.69, 9.17) is 5.11 Å². The number of urea groups is 1. The molecule has 6 heteroatoms. The molecule has 1 aliphatic heterocycles. The summed E-state index contributed by atoms with van der Waals surface area (Å²) in [6, 6.07) is 4.20. The molecule has 0 atom stereocenters. The van der Waals surface area contributed by atoms with E-state index in [-0.39, 0.29) is 17.8 Å². The van der Waals surface area contributed by atoms with E-state index < -0.39 is 5.97 Å². The number of hydrogen-bond acceptors (Lipinski definition) is 2. The van der Waals surface area contributed by atoms with Crippen LogP contribution in [-0.2, 0) is 4.79 Å². The highest BCUT2D eigenvalue weighted by Gasteiger charge is 2.27. The van der Waals surface area contributed by atoms with Crippen LogP contribution < -0.4 is 5.32 Å². The quantitative estimate of drug-likeness (QED) is 0.874. The number of anilines is 1. The van der Waals surface area contributed by atoms with Crippen LogP contribution in [0.3, 0.4) is 0 Å². The summed E-state index contributed by atoms with van der Waals surface area (Å²) >= 11 is 0. The molecule has 0 aromatic heterocycles. The van der Waals surface area contributed by atoms with Crippen molar-refractivity contribution in [1.82, 2.24) is 4.90 Å². The Morgan fingerprint density at radius 2 is 2.00 bits per heavy atom. The van der Waals surface area contributed by atoms with E-state index in [9.17, 15) is 14.0 Å². The van der Waals surface area contributed by atoms with Crippen LogP contribution in [0.1, 0.15) is 18.4 Å². The monoisotopic (exact) mass is 280 g/mol. The fraction of sp³-hybridized carbons (Fsp3) is 0.429. The minimum absolute atomic E-state index is 0.317. The third-order valence-corrected chi connectivity index (χ3v) is 3.64. The fourth-order valence-corrected chi connectivity index (χ4v) is 2.27. The first-order valence-corrected chi connectivity index (χ1v) is 6.53. The predicted octanol–water partition coefficient (Wildman–Crippen LogP) is 2.46. The lowest BCUT2D eigenvalue weighted by Crippen LogP contribution is -2.42. The Morgan fingerprint density at radius 3 is 2.60 bits per heavy atom. The van der Waals surface area contributed by atoms with Crippen LogP contribution in [0.5, 0.6) is 0 Å². The molecule has 0 radical (unpaired) electrons. The van der Waals surface area contributed by atoms with Crippen molar-refractivity contribution in [3.05, 3.63) is 29.6 Å². The molecule has 0 aliphatic carbocycles. The van der Waals surface area contributed by atoms with Crippen LogP contribution in [0.4, 0.5) is 14.9 Å². The van der Waals surface area contributed by atoms with Gasteiger partial charge in [-0.3, -0.25) is 4.79 Å². The topological polar surface area (TPSA) is 69.6 Å². The smallest absolute Gasteiger partial charge is 0.321 e. The Balaban J connectivity index is 1.96. The number of aliphatic carboxylic acids is 1. The summed E-state index contributed by atoms with van der Waals surface area (Å²) < 4.78 is 13.4. The van der Waals surface area contributed by atoms with E-state index in [1.165, 1.54) is 12.1 Å². The first kappa shape index (κ1) is 14.3. The molecule has 0 spiro atoms. The maximum Gasteiger partial charge on any atom is 0.321 e. The van der Waals surface area contributed by atoms with E-state index in [1.54, 1.807) is 17.9 Å². The Hall–Kier alpha value is -2.11. The average molecular weight is 280 g/mol. The van der Waals surface area contributed by atoms with Gasteiger partial charge in [0.25, 0.3) is 0 Å². The summed E-state index contributed by atoms with van der Waals surface area (Å²) in [5.74, 6) is -1.56. The lowest BCUT2D eigenvalue weighted by Gasteiger charge is -2.30. The molecule has 0 unspecified atom stereocenters. The van der Waals surface area contributed by atoms with Crippen molar-refractivity contribution in [2.45, 2.75) is 19.8 Å². The summed E-state index contributed by atoms with van der Waals surface area (Å²) in [7, 11) is 0. The standard InChI is InChI=1S/C14H17FN2O3/c1-9-11(15)3-2-4-12(9)16-14(20)17-7-5-10(6-8-17)13(18)19/h2-4,10H,5-8H2,1H3,(H,16,20)(H,18,19). The summed E-state index contributed by atoms with van der Waals surface area (Å²) in [4.78, 5) is 24.5. The van der Waals surface area contributed by atoms with Crippen molar-refractivity contribution in [2.75, 3.05) is 18.4 Å². The van der Waals surface area contributed by atoms with Crippen LogP contribution in [0.25, 0.3) is 0 Å². The second-order valence-corrected chi connectivity index (χ2v) is 4.94. The van der Waals surface area contributed by atoms with Gasteiger partial charge in [0, 0.05) is 24.3 Å². The van der Waals surface area contributed by atoms with Gasteiger partial charge in [-0.25, -0.2) is 9.18 Å². The number of hydrogen-bond donors (Lipinski definition) is 2. The molecule has 0 saturated carbocycles. The third-order valence-electron chi connectivity index (χ3n) is 3.64. The molecule has 1 saturated heterocycles. The molecule has 5 nitrogen and oxygen atoms in total. The molecular formula is C14H17FN2O3. The minimum atomic E-state index is -0.814. The van der Waals surface area contributed by atoms with E-state index in [0.717, 1.165) is 0 Å². The highest BCUT2D eigenvalue weighted by molar-refractivity contribution is 5.90. The van der Waals surface area contributed by atoms with Gasteiger partial charge in [0.2, 0.25) is 0 Å². The van der Waals surface area contributed by atoms with E-state index in [2.05, 4.69) is 5.32 Å². The number of piperidine rings is 1. The van der Waals surface area contributed by atoms with Gasteiger partial charge in [0.15, 0.2) is 0 Å². The summed E-state index contributed by atoms with van der Waals surface area (Å²) in [5.41, 5.74) is 0.830. The Bertz CT molecular complexity index is 525. The molecule has 108 valence electrons. The molecule has 2 rings (SSSR count). The fourth-order valence-electron chi connectivity index (χ4n) is 2.27. The number of rotatable bonds is 2. The molecule has 2 amide bonds. The maximum atomic E-state index is 13.4. The van der Waals surface area contributed by atoms with Gasteiger partial charge in [0.05, 0.1) is 5.92 Å². The van der Waals surface area contributed by atoms with Gasteiger partial charge in [0.1, 0.15) is 5.82 Å². The molecular weight excluding hydrogens is 263 g/mol. The van der Waals surface area contributed by atoms with E-state index >= 15 is 0 Å². The molecule has 1 heterocycles. The number of nitrogens with one attached hydrogen (secondary N) is 1. The van der Waals surface area contributed by atoms with Crippen LogP contribution in [-0.4, -0.2) is 35.1 Å². The average Bonchev–Trinajstić information content (AvgIpc) is 2.44. The molecule has 1 aliphatic rings. The number of benzene rings is 1. The first-order chi connectivity index (χ1) is 9.49. The zero-order chi connectivity index (χ0) is 14.7. The zero-order valence-electron chi connectivity index (χ0n) is 11.2. The van der Waals surface area contributed by atoms with Crippen molar-refractivity contribution in [3.8, 4) is 0 Å². The number of carbonyl (C=O) groups is 2. The van der Waals surface area contributed by atoms with E-state index in [0.29, 0.717) is 37.2 Å². The molecule has 1 aromatic carbocycles. The number of amides is 2. The van der Waals surface area contributed by atoms with Crippen molar-refractivity contribution in [1.29, 1.82) is 0 Å². The SMILES string of the molecule is Cc1c(F)cccc1NC(=O)N1CCC(C(=O)O)CC1. The van der Waals surface area contributed by atoms with Gasteiger partial charge < -0.3 is 15.3 Å². The van der Waals surface area contributed by atoms with Gasteiger partial charge in [-0.15, -0.1) is 0 Å². The molecule has 20 heavy (non-hydrogen) atoms. The third kappa shape index (κ3) is 3.07. The molecule has 0 bridgehead atoms. The van der Waals surface area contributed by atoms with Crippen molar-refractivity contribution in [2.24, 2.45) is 5.92 Å². The van der Waals surface area contributed by atoms with Gasteiger partial charge in [-0.05, 0) is 31.9 Å². The number of carboxylic acids is 1. The van der Waals surface area contributed by atoms with Crippen molar-refractivity contribution >= 4 is 17.7 Å². The highest BCUT2D eigenvalue weighted by atomic mass is 19.1. The number of carbonyl (C=O) groups excluding carboxylic acids is 1. The van der Waals surface area contributed by atoms with Gasteiger partial charge in [-0.1, -0.05) is 6.07 Å². The van der Waals surface area contributed by atoms with Crippen molar-refractivity contribution < 1.29 is 19.1 Å². The normalized spacial score (nSPS) is 16.0. The molecule has 2 N–H and O–H groups in total. The van der Waals surface area contributed by atoms with Crippen LogP contribution >= 0.6 is 0 Å². The zero-order valence-corrected chi connectivity index (χ0v) is 11.2. The lowest BCUT2D eigenvalue weighted by molar-refractivity contribution is -0.143. The molecule has 1 fully saturated rings. The number of halogens is 1. The molecule has 1 aromatic rings. The van der Waals surface area contributed by atoms with Crippen LogP contribution in [0.15, 0.2) is 18.2 Å². The summed E-state index contributed by atoms with van der Waals surface area (Å²) in [5, 5.41) is 11.6. The second kappa shape index (κ2) is 5.90. The summed E-state index contributed by atoms with van der Waals surface area (Å²) in [6.45, 7) is 2.40.